The first-order valence-electron chi connectivity index (χ1n) is 6.88. The maximum absolute atomic E-state index is 13.1. The highest BCUT2D eigenvalue weighted by molar-refractivity contribution is 7.92. The Kier molecular flexibility index (Phi) is 4.91. The van der Waals surface area contributed by atoms with Crippen LogP contribution in [0, 0.1) is 5.82 Å². The molecule has 8 heteroatoms. The Morgan fingerprint density at radius 2 is 1.74 bits per heavy atom. The third kappa shape index (κ3) is 3.79. The van der Waals surface area contributed by atoms with E-state index >= 15 is 0 Å². The third-order valence-electron chi connectivity index (χ3n) is 3.31. The number of aromatic nitrogens is 2. The van der Waals surface area contributed by atoms with Gasteiger partial charge in [0.25, 0.3) is 0 Å². The van der Waals surface area contributed by atoms with E-state index in [-0.39, 0.29) is 17.7 Å². The average molecular weight is 358 g/mol. The van der Waals surface area contributed by atoms with E-state index in [2.05, 4.69) is 9.97 Å². The zero-order chi connectivity index (χ0) is 17.4. The molecule has 0 aliphatic heterocycles. The molecule has 0 saturated heterocycles. The molecule has 0 saturated carbocycles. The summed E-state index contributed by atoms with van der Waals surface area (Å²) in [7, 11) is -2.14. The van der Waals surface area contributed by atoms with Crippen LogP contribution in [0.2, 0.25) is 5.02 Å². The lowest BCUT2D eigenvalue weighted by atomic mass is 10.1. The lowest BCUT2D eigenvalue weighted by Gasteiger charge is -2.19. The van der Waals surface area contributed by atoms with Gasteiger partial charge in [-0.15, -0.1) is 0 Å². The highest BCUT2D eigenvalue weighted by Crippen LogP contribution is 2.33. The lowest BCUT2D eigenvalue weighted by Crippen LogP contribution is -2.27. The van der Waals surface area contributed by atoms with Crippen LogP contribution in [0.25, 0.3) is 11.3 Å². The maximum atomic E-state index is 13.1. The van der Waals surface area contributed by atoms with Crippen molar-refractivity contribution in [1.82, 2.24) is 9.97 Å². The monoisotopic (exact) mass is 357 g/mol. The fourth-order valence-electron chi connectivity index (χ4n) is 1.92. The number of hydrogen-bond donors (Lipinski definition) is 0. The lowest BCUT2D eigenvalue weighted by molar-refractivity contribution is 0.599. The van der Waals surface area contributed by atoms with Crippen molar-refractivity contribution in [3.05, 3.63) is 40.8 Å². The van der Waals surface area contributed by atoms with E-state index in [9.17, 15) is 12.8 Å². The quantitative estimate of drug-likeness (QED) is 0.840. The summed E-state index contributed by atoms with van der Waals surface area (Å²) in [5, 5.41) is 0.331. The molecule has 1 heterocycles. The standard InChI is InChI=1S/C15H17ClFN3O2S/c1-9(2)13-12(16)14(10-5-7-11(17)8-6-10)19-15(18-13)20(3)23(4,21)22/h5-9H,1-4H3. The van der Waals surface area contributed by atoms with Gasteiger partial charge in [0.1, 0.15) is 5.82 Å². The molecular formula is C15H17ClFN3O2S. The maximum Gasteiger partial charge on any atom is 0.239 e. The summed E-state index contributed by atoms with van der Waals surface area (Å²) in [5.74, 6) is -0.382. The average Bonchev–Trinajstić information content (AvgIpc) is 2.46. The first-order chi connectivity index (χ1) is 10.6. The zero-order valence-corrected chi connectivity index (χ0v) is 14.8. The van der Waals surface area contributed by atoms with Gasteiger partial charge >= 0.3 is 0 Å². The molecule has 0 atom stereocenters. The molecular weight excluding hydrogens is 341 g/mol. The Balaban J connectivity index is 2.70. The van der Waals surface area contributed by atoms with Crippen molar-refractivity contribution in [2.45, 2.75) is 19.8 Å². The molecule has 23 heavy (non-hydrogen) atoms. The van der Waals surface area contributed by atoms with Crippen LogP contribution >= 0.6 is 11.6 Å². The number of halogens is 2. The van der Waals surface area contributed by atoms with Crippen molar-refractivity contribution in [3.63, 3.8) is 0 Å². The Bertz CT molecular complexity index is 823. The van der Waals surface area contributed by atoms with E-state index < -0.39 is 10.0 Å². The zero-order valence-electron chi connectivity index (χ0n) is 13.2. The number of nitrogens with zero attached hydrogens (tertiary/aromatic N) is 3. The smallest absolute Gasteiger partial charge is 0.239 e. The minimum atomic E-state index is -3.51. The molecule has 0 aliphatic rings. The molecule has 0 N–H and O–H groups in total. The second-order valence-corrected chi connectivity index (χ2v) is 7.86. The van der Waals surface area contributed by atoms with Gasteiger partial charge in [-0.2, -0.15) is 0 Å². The summed E-state index contributed by atoms with van der Waals surface area (Å²) in [6.07, 6.45) is 1.07. The molecule has 1 aromatic carbocycles. The summed E-state index contributed by atoms with van der Waals surface area (Å²) in [4.78, 5) is 8.53. The van der Waals surface area contributed by atoms with Gasteiger partial charge in [0.2, 0.25) is 16.0 Å². The van der Waals surface area contributed by atoms with E-state index in [4.69, 9.17) is 11.6 Å². The number of sulfonamides is 1. The van der Waals surface area contributed by atoms with E-state index in [1.54, 1.807) is 0 Å². The summed E-state index contributed by atoms with van der Waals surface area (Å²) in [6, 6.07) is 5.67. The summed E-state index contributed by atoms with van der Waals surface area (Å²) < 4.78 is 37.6. The van der Waals surface area contributed by atoms with Crippen molar-refractivity contribution < 1.29 is 12.8 Å². The van der Waals surface area contributed by atoms with Crippen LogP contribution < -0.4 is 4.31 Å². The first kappa shape index (κ1) is 17.6. The SMILES string of the molecule is CC(C)c1nc(N(C)S(C)(=O)=O)nc(-c2ccc(F)cc2)c1Cl. The molecule has 0 aliphatic carbocycles. The molecule has 0 fully saturated rings. The normalized spacial score (nSPS) is 11.8. The van der Waals surface area contributed by atoms with Crippen LogP contribution in [0.1, 0.15) is 25.5 Å². The minimum absolute atomic E-state index is 0.0277. The van der Waals surface area contributed by atoms with Crippen molar-refractivity contribution in [2.24, 2.45) is 0 Å². The van der Waals surface area contributed by atoms with Gasteiger partial charge in [0, 0.05) is 12.6 Å². The van der Waals surface area contributed by atoms with Crippen LogP contribution in [0.15, 0.2) is 24.3 Å². The summed E-state index contributed by atoms with van der Waals surface area (Å²) in [5.41, 5.74) is 1.49. The number of anilines is 1. The van der Waals surface area contributed by atoms with E-state index in [1.165, 1.54) is 31.3 Å². The van der Waals surface area contributed by atoms with Gasteiger partial charge in [-0.25, -0.2) is 27.1 Å². The van der Waals surface area contributed by atoms with Gasteiger partial charge in [0.05, 0.1) is 22.7 Å². The first-order valence-corrected chi connectivity index (χ1v) is 9.11. The third-order valence-corrected chi connectivity index (χ3v) is 4.84. The molecule has 0 amide bonds. The molecule has 5 nitrogen and oxygen atoms in total. The molecule has 0 radical (unpaired) electrons. The summed E-state index contributed by atoms with van der Waals surface area (Å²) in [6.45, 7) is 3.79. The largest absolute Gasteiger partial charge is 0.241 e. The molecule has 0 unspecified atom stereocenters. The predicted octanol–water partition coefficient (Wildman–Crippen LogP) is 3.46. The molecule has 0 spiro atoms. The fourth-order valence-corrected chi connectivity index (χ4v) is 2.71. The van der Waals surface area contributed by atoms with Gasteiger partial charge in [0.15, 0.2) is 0 Å². The molecule has 2 rings (SSSR count). The van der Waals surface area contributed by atoms with Crippen LogP contribution in [0.4, 0.5) is 10.3 Å². The predicted molar refractivity (Wildman–Crippen MR) is 89.8 cm³/mol. The van der Waals surface area contributed by atoms with Gasteiger partial charge in [-0.1, -0.05) is 25.4 Å². The Labute approximate surface area is 140 Å². The van der Waals surface area contributed by atoms with Gasteiger partial charge in [-0.05, 0) is 30.2 Å². The Morgan fingerprint density at radius 3 is 2.22 bits per heavy atom. The minimum Gasteiger partial charge on any atom is -0.241 e. The van der Waals surface area contributed by atoms with Crippen LogP contribution in [0.3, 0.4) is 0 Å². The molecule has 2 aromatic rings. The van der Waals surface area contributed by atoms with Gasteiger partial charge < -0.3 is 0 Å². The molecule has 1 aromatic heterocycles. The topological polar surface area (TPSA) is 63.2 Å². The van der Waals surface area contributed by atoms with Crippen molar-refractivity contribution in [1.29, 1.82) is 0 Å². The highest BCUT2D eigenvalue weighted by atomic mass is 35.5. The fraction of sp³-hybridized carbons (Fsp3) is 0.333. The molecule has 124 valence electrons. The van der Waals surface area contributed by atoms with E-state index in [0.717, 1.165) is 10.6 Å². The van der Waals surface area contributed by atoms with Crippen molar-refractivity contribution >= 4 is 27.6 Å². The van der Waals surface area contributed by atoms with Crippen LogP contribution in [0.5, 0.6) is 0 Å². The van der Waals surface area contributed by atoms with Crippen molar-refractivity contribution in [3.8, 4) is 11.3 Å². The van der Waals surface area contributed by atoms with Crippen molar-refractivity contribution in [2.75, 3.05) is 17.6 Å². The van der Waals surface area contributed by atoms with E-state index in [0.29, 0.717) is 22.0 Å². The number of rotatable bonds is 4. The second kappa shape index (κ2) is 6.41. The Hall–Kier alpha value is -1.73. The summed E-state index contributed by atoms with van der Waals surface area (Å²) >= 11 is 6.38. The van der Waals surface area contributed by atoms with E-state index in [1.807, 2.05) is 13.8 Å². The van der Waals surface area contributed by atoms with Gasteiger partial charge in [-0.3, -0.25) is 0 Å². The molecule has 0 bridgehead atoms. The van der Waals surface area contributed by atoms with Crippen LogP contribution in [-0.2, 0) is 10.0 Å². The second-order valence-electron chi connectivity index (χ2n) is 5.46. The highest BCUT2D eigenvalue weighted by Gasteiger charge is 2.22. The Morgan fingerprint density at radius 1 is 1.17 bits per heavy atom. The van der Waals surface area contributed by atoms with Crippen LogP contribution in [-0.4, -0.2) is 31.7 Å². The number of benzene rings is 1. The number of hydrogen-bond acceptors (Lipinski definition) is 4.